The Kier molecular flexibility index (Phi) is 5.00. The van der Waals surface area contributed by atoms with E-state index < -0.39 is 0 Å². The molecule has 4 heteroatoms. The average molecular weight is 341 g/mol. The average Bonchev–Trinajstić information content (AvgIpc) is 2.78. The summed E-state index contributed by atoms with van der Waals surface area (Å²) >= 11 is 18.3. The van der Waals surface area contributed by atoms with Gasteiger partial charge in [-0.2, -0.15) is 0 Å². The van der Waals surface area contributed by atoms with Gasteiger partial charge in [-0.25, -0.2) is 0 Å². The molecule has 2 rings (SSSR count). The maximum absolute atomic E-state index is 4.65. The van der Waals surface area contributed by atoms with Crippen LogP contribution in [0.1, 0.15) is 40.5 Å². The molecule has 0 aliphatic heterocycles. The van der Waals surface area contributed by atoms with Gasteiger partial charge in [-0.3, -0.25) is 0 Å². The summed E-state index contributed by atoms with van der Waals surface area (Å²) in [6.45, 7) is 8.82. The van der Waals surface area contributed by atoms with Crippen molar-refractivity contribution in [1.82, 2.24) is 0 Å². The maximum atomic E-state index is 4.65. The Morgan fingerprint density at radius 3 is 1.45 bits per heavy atom. The van der Waals surface area contributed by atoms with E-state index in [1.807, 2.05) is 0 Å². The minimum Gasteiger partial charge on any atom is -0.142 e. The molecule has 0 aromatic heterocycles. The zero-order valence-electron chi connectivity index (χ0n) is 12.2. The Morgan fingerprint density at radius 1 is 0.600 bits per heavy atom. The number of rotatable bonds is 2. The Morgan fingerprint density at radius 2 is 1.05 bits per heavy atom. The van der Waals surface area contributed by atoms with Crippen molar-refractivity contribution in [1.29, 1.82) is 0 Å². The highest BCUT2D eigenvalue weighted by Gasteiger charge is 2.30. The molecule has 0 heterocycles. The second kappa shape index (κ2) is 6.07. The zero-order valence-corrected chi connectivity index (χ0v) is 15.8. The summed E-state index contributed by atoms with van der Waals surface area (Å²) in [5.41, 5.74) is 7.97. The summed E-state index contributed by atoms with van der Waals surface area (Å²) < 4.78 is 0. The normalized spacial score (nSPS) is 20.4. The van der Waals surface area contributed by atoms with Crippen molar-refractivity contribution < 1.29 is 0 Å². The van der Waals surface area contributed by atoms with Gasteiger partial charge in [0.15, 0.2) is 0 Å². The summed E-state index contributed by atoms with van der Waals surface area (Å²) in [7, 11) is 0. The van der Waals surface area contributed by atoms with Crippen LogP contribution in [-0.4, -0.2) is 0 Å². The topological polar surface area (TPSA) is 0 Å². The highest BCUT2D eigenvalue weighted by atomic mass is 32.1. The summed E-state index contributed by atoms with van der Waals surface area (Å²) in [6.07, 6.45) is 2.07. The Hall–Kier alpha value is 0.1000. The van der Waals surface area contributed by atoms with Crippen LogP contribution >= 0.6 is 50.5 Å². The van der Waals surface area contributed by atoms with Crippen LogP contribution in [0.25, 0.3) is 0 Å². The predicted molar refractivity (Wildman–Crippen MR) is 103 cm³/mol. The molecule has 0 N–H and O–H groups in total. The minimum atomic E-state index is 0.815. The molecule has 2 aliphatic carbocycles. The lowest BCUT2D eigenvalue weighted by Crippen LogP contribution is -1.95. The first-order valence-electron chi connectivity index (χ1n) is 6.77. The van der Waals surface area contributed by atoms with Gasteiger partial charge in [-0.15, -0.1) is 50.5 Å². The van der Waals surface area contributed by atoms with E-state index in [-0.39, 0.29) is 0 Å². The number of allylic oxidation sites excluding steroid dienone is 7. The third kappa shape index (κ3) is 2.29. The van der Waals surface area contributed by atoms with Crippen molar-refractivity contribution in [2.45, 2.75) is 40.5 Å². The lowest BCUT2D eigenvalue weighted by molar-refractivity contribution is 1.03. The third-order valence-electron chi connectivity index (χ3n) is 4.16. The van der Waals surface area contributed by atoms with Gasteiger partial charge >= 0.3 is 0 Å². The quantitative estimate of drug-likeness (QED) is 0.442. The molecule has 0 saturated carbocycles. The van der Waals surface area contributed by atoms with Crippen LogP contribution in [0.2, 0.25) is 0 Å². The Bertz CT molecular complexity index is 613. The molecular formula is C16H20S4. The van der Waals surface area contributed by atoms with Gasteiger partial charge in [0.05, 0.1) is 0 Å². The van der Waals surface area contributed by atoms with Gasteiger partial charge in [-0.05, 0) is 54.6 Å². The fourth-order valence-corrected chi connectivity index (χ4v) is 4.42. The van der Waals surface area contributed by atoms with Gasteiger partial charge in [-0.1, -0.05) is 13.8 Å². The molecule has 0 spiro atoms. The molecule has 0 aromatic rings. The molecule has 0 fully saturated rings. The molecule has 0 nitrogen and oxygen atoms in total. The first kappa shape index (κ1) is 16.5. The van der Waals surface area contributed by atoms with Gasteiger partial charge in [0.25, 0.3) is 0 Å². The van der Waals surface area contributed by atoms with E-state index in [1.54, 1.807) is 0 Å². The fourth-order valence-electron chi connectivity index (χ4n) is 3.03. The summed E-state index contributed by atoms with van der Waals surface area (Å²) in [6, 6.07) is 0. The van der Waals surface area contributed by atoms with Crippen LogP contribution in [0.3, 0.4) is 0 Å². The maximum Gasteiger partial charge on any atom is 0.0326 e. The van der Waals surface area contributed by atoms with Gasteiger partial charge in [0.2, 0.25) is 0 Å². The number of hydrogen-bond acceptors (Lipinski definition) is 4. The van der Waals surface area contributed by atoms with Crippen molar-refractivity contribution >= 4 is 50.5 Å². The van der Waals surface area contributed by atoms with Gasteiger partial charge in [0.1, 0.15) is 0 Å². The smallest absolute Gasteiger partial charge is 0.0326 e. The molecule has 20 heavy (non-hydrogen) atoms. The van der Waals surface area contributed by atoms with E-state index in [0.29, 0.717) is 0 Å². The number of hydrogen-bond donors (Lipinski definition) is 4. The predicted octanol–water partition coefficient (Wildman–Crippen LogP) is 5.91. The molecule has 0 amide bonds. The van der Waals surface area contributed by atoms with E-state index in [0.717, 1.165) is 38.0 Å². The first-order valence-corrected chi connectivity index (χ1v) is 8.55. The molecule has 108 valence electrons. The third-order valence-corrected chi connectivity index (χ3v) is 6.48. The van der Waals surface area contributed by atoms with Crippen molar-refractivity contribution in [2.75, 3.05) is 0 Å². The van der Waals surface area contributed by atoms with Gasteiger partial charge in [0, 0.05) is 25.2 Å². The van der Waals surface area contributed by atoms with Crippen LogP contribution in [0, 0.1) is 0 Å². The second-order valence-electron chi connectivity index (χ2n) is 5.06. The highest BCUT2D eigenvalue weighted by Crippen LogP contribution is 2.51. The van der Waals surface area contributed by atoms with Crippen molar-refractivity contribution in [2.24, 2.45) is 0 Å². The molecule has 0 aromatic carbocycles. The highest BCUT2D eigenvalue weighted by molar-refractivity contribution is 7.94. The standard InChI is InChI=1S/C16H20S4/c1-5-9-7(3)8(4)11(10(9)6-2)12-13(17)15(19)16(20)14(12)18/h17-20H,5-6H2,1-4H3. The van der Waals surface area contributed by atoms with Crippen molar-refractivity contribution in [3.8, 4) is 0 Å². The van der Waals surface area contributed by atoms with E-state index >= 15 is 0 Å². The molecule has 2 aliphatic rings. The minimum absolute atomic E-state index is 0.815. The first-order chi connectivity index (χ1) is 9.36. The molecular weight excluding hydrogens is 320 g/mol. The molecule has 0 saturated heterocycles. The zero-order chi connectivity index (χ0) is 15.2. The fraction of sp³-hybridized carbons (Fsp3) is 0.375. The van der Waals surface area contributed by atoms with Crippen LogP contribution in [-0.2, 0) is 0 Å². The lowest BCUT2D eigenvalue weighted by atomic mass is 9.95. The Labute approximate surface area is 143 Å². The van der Waals surface area contributed by atoms with E-state index in [4.69, 9.17) is 0 Å². The largest absolute Gasteiger partial charge is 0.142 e. The second-order valence-corrected chi connectivity index (χ2v) is 6.85. The van der Waals surface area contributed by atoms with Crippen molar-refractivity contribution in [3.63, 3.8) is 0 Å². The van der Waals surface area contributed by atoms with E-state index in [1.165, 1.54) is 27.9 Å². The molecule has 0 atom stereocenters. The monoisotopic (exact) mass is 340 g/mol. The van der Waals surface area contributed by atoms with Crippen LogP contribution in [0.4, 0.5) is 0 Å². The SMILES string of the molecule is CCC1=C(CC)C(=C2C(S)=C(S)C(S)=C2S)C(C)=C1C. The molecule has 0 bridgehead atoms. The number of thiol groups is 4. The van der Waals surface area contributed by atoms with Crippen LogP contribution in [0.5, 0.6) is 0 Å². The van der Waals surface area contributed by atoms with Crippen LogP contribution in [0.15, 0.2) is 53.1 Å². The van der Waals surface area contributed by atoms with E-state index in [9.17, 15) is 0 Å². The van der Waals surface area contributed by atoms with Gasteiger partial charge < -0.3 is 0 Å². The summed E-state index contributed by atoms with van der Waals surface area (Å²) in [5, 5.41) is 0. The van der Waals surface area contributed by atoms with Crippen molar-refractivity contribution in [3.05, 3.63) is 53.1 Å². The Balaban J connectivity index is 2.82. The summed E-state index contributed by atoms with van der Waals surface area (Å²) in [5.74, 6) is 0. The van der Waals surface area contributed by atoms with E-state index in [2.05, 4.69) is 78.2 Å². The molecule has 0 radical (unpaired) electrons. The van der Waals surface area contributed by atoms with Crippen LogP contribution < -0.4 is 0 Å². The lowest BCUT2D eigenvalue weighted by Gasteiger charge is -2.13. The molecule has 0 unspecified atom stereocenters. The summed E-state index contributed by atoms with van der Waals surface area (Å²) in [4.78, 5) is 3.40.